The molecule has 1 saturated heterocycles. The van der Waals surface area contributed by atoms with Gasteiger partial charge in [-0.25, -0.2) is 4.79 Å². The molecule has 154 valence electrons. The minimum Gasteiger partial charge on any atom is -0.489 e. The Morgan fingerprint density at radius 3 is 2.57 bits per heavy atom. The van der Waals surface area contributed by atoms with Gasteiger partial charge in [-0.1, -0.05) is 0 Å². The zero-order valence-electron chi connectivity index (χ0n) is 15.9. The van der Waals surface area contributed by atoms with Crippen molar-refractivity contribution in [1.82, 2.24) is 4.90 Å². The van der Waals surface area contributed by atoms with Crippen LogP contribution in [0.2, 0.25) is 0 Å². The molecule has 0 spiro atoms. The number of carbonyl (C=O) groups excluding carboxylic acids is 2. The van der Waals surface area contributed by atoms with Crippen molar-refractivity contribution in [2.45, 2.75) is 32.4 Å². The molecule has 0 N–H and O–H groups in total. The van der Waals surface area contributed by atoms with Gasteiger partial charge in [0.25, 0.3) is 0 Å². The van der Waals surface area contributed by atoms with Crippen molar-refractivity contribution < 1.29 is 32.6 Å². The van der Waals surface area contributed by atoms with Crippen LogP contribution in [0.15, 0.2) is 18.2 Å². The third-order valence-electron chi connectivity index (χ3n) is 4.94. The fourth-order valence-electron chi connectivity index (χ4n) is 3.22. The summed E-state index contributed by atoms with van der Waals surface area (Å²) in [6.07, 6.45) is 2.14. The van der Waals surface area contributed by atoms with Crippen molar-refractivity contribution in [3.63, 3.8) is 0 Å². The number of carbonyl (C=O) groups is 2. The summed E-state index contributed by atoms with van der Waals surface area (Å²) in [5.41, 5.74) is 0.699. The molecule has 2 aliphatic rings. The van der Waals surface area contributed by atoms with Gasteiger partial charge in [-0.3, -0.25) is 4.79 Å². The van der Waals surface area contributed by atoms with Crippen LogP contribution in [0.3, 0.4) is 0 Å². The third-order valence-corrected chi connectivity index (χ3v) is 4.94. The van der Waals surface area contributed by atoms with Crippen LogP contribution in [0.1, 0.15) is 19.8 Å². The molecule has 0 bridgehead atoms. The second kappa shape index (κ2) is 8.62. The number of rotatable bonds is 7. The number of amides is 1. The number of methoxy groups -OCH3 is 1. The van der Waals surface area contributed by atoms with Gasteiger partial charge in [-0.15, -0.1) is 0 Å². The molecule has 9 heteroatoms. The van der Waals surface area contributed by atoms with Gasteiger partial charge in [0.2, 0.25) is 5.91 Å². The summed E-state index contributed by atoms with van der Waals surface area (Å²) in [5, 5.41) is 0. The number of nitrogens with zero attached hydrogens (tertiary/aromatic N) is 2. The quantitative estimate of drug-likeness (QED) is 0.657. The maximum absolute atomic E-state index is 12.7. The van der Waals surface area contributed by atoms with Gasteiger partial charge >= 0.3 is 12.6 Å². The number of halogens is 2. The van der Waals surface area contributed by atoms with Gasteiger partial charge in [-0.05, 0) is 30.9 Å². The lowest BCUT2D eigenvalue weighted by Gasteiger charge is -2.40. The van der Waals surface area contributed by atoms with Crippen molar-refractivity contribution in [1.29, 1.82) is 0 Å². The number of alkyl halides is 2. The first-order chi connectivity index (χ1) is 13.4. The minimum absolute atomic E-state index is 0.0220. The van der Waals surface area contributed by atoms with E-state index in [1.54, 1.807) is 12.1 Å². The predicted octanol–water partition coefficient (Wildman–Crippen LogP) is 2.29. The standard InChI is InChI=1S/C19H24F2N2O5/c1-12(24)23-8-7-22(10-15(23)18(25)26-2)14-5-6-16(28-19(20)21)17(9-14)27-11-13-3-4-13/h5-6,9,13,15,19H,3-4,7-8,10-11H2,1-2H3/t15-/m1/s1. The number of piperazine rings is 1. The van der Waals surface area contributed by atoms with E-state index in [0.29, 0.717) is 31.3 Å². The SMILES string of the molecule is COC(=O)[C@H]1CN(c2ccc(OC(F)F)c(OCC3CC3)c2)CCN1C(C)=O. The lowest BCUT2D eigenvalue weighted by atomic mass is 10.1. The number of ether oxygens (including phenoxy) is 3. The first-order valence-electron chi connectivity index (χ1n) is 9.20. The average molecular weight is 398 g/mol. The van der Waals surface area contributed by atoms with E-state index in [-0.39, 0.29) is 24.0 Å². The first-order valence-corrected chi connectivity index (χ1v) is 9.20. The molecule has 3 rings (SSSR count). The van der Waals surface area contributed by atoms with Crippen LogP contribution >= 0.6 is 0 Å². The Labute approximate surface area is 162 Å². The van der Waals surface area contributed by atoms with Crippen LogP contribution in [-0.4, -0.2) is 62.8 Å². The van der Waals surface area contributed by atoms with Crippen molar-refractivity contribution in [2.24, 2.45) is 5.92 Å². The van der Waals surface area contributed by atoms with E-state index >= 15 is 0 Å². The predicted molar refractivity (Wildman–Crippen MR) is 96.7 cm³/mol. The molecule has 1 aliphatic carbocycles. The van der Waals surface area contributed by atoms with Crippen LogP contribution in [0.4, 0.5) is 14.5 Å². The maximum Gasteiger partial charge on any atom is 0.387 e. The van der Waals surface area contributed by atoms with E-state index in [2.05, 4.69) is 4.74 Å². The first kappa shape index (κ1) is 20.2. The van der Waals surface area contributed by atoms with E-state index in [0.717, 1.165) is 12.8 Å². The molecule has 1 aromatic carbocycles. The highest BCUT2D eigenvalue weighted by Gasteiger charge is 2.35. The Balaban J connectivity index is 1.80. The van der Waals surface area contributed by atoms with Gasteiger partial charge in [0, 0.05) is 38.3 Å². The fourth-order valence-corrected chi connectivity index (χ4v) is 3.22. The van der Waals surface area contributed by atoms with Crippen molar-refractivity contribution >= 4 is 17.6 Å². The molecular formula is C19H24F2N2O5. The Morgan fingerprint density at radius 2 is 1.96 bits per heavy atom. The summed E-state index contributed by atoms with van der Waals surface area (Å²) in [4.78, 5) is 27.3. The summed E-state index contributed by atoms with van der Waals surface area (Å²) >= 11 is 0. The van der Waals surface area contributed by atoms with Crippen LogP contribution in [0.5, 0.6) is 11.5 Å². The fraction of sp³-hybridized carbons (Fsp3) is 0.579. The summed E-state index contributed by atoms with van der Waals surface area (Å²) in [7, 11) is 1.28. The van der Waals surface area contributed by atoms with E-state index in [1.807, 2.05) is 4.90 Å². The smallest absolute Gasteiger partial charge is 0.387 e. The summed E-state index contributed by atoms with van der Waals surface area (Å²) < 4.78 is 40.5. The topological polar surface area (TPSA) is 68.3 Å². The van der Waals surface area contributed by atoms with E-state index < -0.39 is 18.6 Å². The Bertz CT molecular complexity index is 726. The summed E-state index contributed by atoms with van der Waals surface area (Å²) in [5.74, 6) is -0.0302. The number of hydrogen-bond acceptors (Lipinski definition) is 6. The third kappa shape index (κ3) is 4.82. The number of anilines is 1. The zero-order valence-corrected chi connectivity index (χ0v) is 15.9. The highest BCUT2D eigenvalue weighted by Crippen LogP contribution is 2.36. The average Bonchev–Trinajstić information content (AvgIpc) is 3.50. The molecule has 7 nitrogen and oxygen atoms in total. The van der Waals surface area contributed by atoms with Crippen LogP contribution in [0.25, 0.3) is 0 Å². The molecular weight excluding hydrogens is 374 g/mol. The second-order valence-corrected chi connectivity index (χ2v) is 6.96. The van der Waals surface area contributed by atoms with Crippen LogP contribution < -0.4 is 14.4 Å². The van der Waals surface area contributed by atoms with Gasteiger partial charge in [0.05, 0.1) is 13.7 Å². The normalized spacial score (nSPS) is 19.5. The largest absolute Gasteiger partial charge is 0.489 e. The lowest BCUT2D eigenvalue weighted by molar-refractivity contribution is -0.152. The number of esters is 1. The Hall–Kier alpha value is -2.58. The number of benzene rings is 1. The molecule has 1 atom stereocenters. The molecule has 0 radical (unpaired) electrons. The number of hydrogen-bond donors (Lipinski definition) is 0. The zero-order chi connectivity index (χ0) is 20.3. The lowest BCUT2D eigenvalue weighted by Crippen LogP contribution is -2.58. The van der Waals surface area contributed by atoms with Gasteiger partial charge in [-0.2, -0.15) is 8.78 Å². The molecule has 28 heavy (non-hydrogen) atoms. The Morgan fingerprint density at radius 1 is 1.21 bits per heavy atom. The van der Waals surface area contributed by atoms with E-state index in [1.165, 1.54) is 25.0 Å². The monoisotopic (exact) mass is 398 g/mol. The molecule has 1 amide bonds. The van der Waals surface area contributed by atoms with Crippen molar-refractivity contribution in [3.8, 4) is 11.5 Å². The van der Waals surface area contributed by atoms with Crippen LogP contribution in [0, 0.1) is 5.92 Å². The molecule has 1 aliphatic heterocycles. The van der Waals surface area contributed by atoms with Gasteiger partial charge in [0.15, 0.2) is 11.5 Å². The molecule has 0 unspecified atom stereocenters. The summed E-state index contributed by atoms with van der Waals surface area (Å²) in [6.45, 7) is -0.00873. The molecule has 1 saturated carbocycles. The maximum atomic E-state index is 12.7. The molecule has 2 fully saturated rings. The second-order valence-electron chi connectivity index (χ2n) is 6.96. The van der Waals surface area contributed by atoms with Crippen molar-refractivity contribution in [3.05, 3.63) is 18.2 Å². The molecule has 0 aromatic heterocycles. The van der Waals surface area contributed by atoms with Crippen molar-refractivity contribution in [2.75, 3.05) is 38.3 Å². The highest BCUT2D eigenvalue weighted by atomic mass is 19.3. The molecule has 1 heterocycles. The highest BCUT2D eigenvalue weighted by molar-refractivity contribution is 5.84. The minimum atomic E-state index is -2.95. The van der Waals surface area contributed by atoms with Gasteiger partial charge < -0.3 is 24.0 Å². The van der Waals surface area contributed by atoms with E-state index in [4.69, 9.17) is 9.47 Å². The van der Waals surface area contributed by atoms with Gasteiger partial charge in [0.1, 0.15) is 6.04 Å². The molecule has 1 aromatic rings. The Kier molecular flexibility index (Phi) is 6.21. The van der Waals surface area contributed by atoms with Crippen LogP contribution in [-0.2, 0) is 14.3 Å². The van der Waals surface area contributed by atoms with E-state index in [9.17, 15) is 18.4 Å². The summed E-state index contributed by atoms with van der Waals surface area (Å²) in [6, 6.07) is 3.98.